The zero-order valence-corrected chi connectivity index (χ0v) is 14.8. The van der Waals surface area contributed by atoms with Crippen LogP contribution in [0.1, 0.15) is 45.6 Å². The molecule has 0 radical (unpaired) electrons. The van der Waals surface area contributed by atoms with Crippen LogP contribution in [-0.4, -0.2) is 49.7 Å². The number of methoxy groups -OCH3 is 1. The number of ether oxygens (including phenoxy) is 1. The standard InChI is InChI=1S/C18H31N3O/c1-14(2)6-7-20-8-10-21(11-9-20)18-12-16(15(3)4)17(22-5)13-19-18/h12-15H,6-11H2,1-5H3. The molecule has 0 bridgehead atoms. The molecular weight excluding hydrogens is 274 g/mol. The maximum Gasteiger partial charge on any atom is 0.140 e. The molecule has 124 valence electrons. The fourth-order valence-electron chi connectivity index (χ4n) is 2.88. The summed E-state index contributed by atoms with van der Waals surface area (Å²) in [7, 11) is 1.72. The molecule has 0 aliphatic carbocycles. The number of anilines is 1. The van der Waals surface area contributed by atoms with E-state index >= 15 is 0 Å². The number of hydrogen-bond acceptors (Lipinski definition) is 4. The zero-order chi connectivity index (χ0) is 16.1. The molecule has 0 N–H and O–H groups in total. The minimum Gasteiger partial charge on any atom is -0.495 e. The summed E-state index contributed by atoms with van der Waals surface area (Å²) in [5, 5.41) is 0. The monoisotopic (exact) mass is 305 g/mol. The van der Waals surface area contributed by atoms with Gasteiger partial charge in [0.2, 0.25) is 0 Å². The van der Waals surface area contributed by atoms with Gasteiger partial charge in [0, 0.05) is 31.7 Å². The van der Waals surface area contributed by atoms with Crippen molar-refractivity contribution in [3.05, 3.63) is 17.8 Å². The van der Waals surface area contributed by atoms with Crippen molar-refractivity contribution in [2.75, 3.05) is 44.7 Å². The highest BCUT2D eigenvalue weighted by molar-refractivity contribution is 5.47. The predicted molar refractivity (Wildman–Crippen MR) is 93.0 cm³/mol. The Kier molecular flexibility index (Phi) is 6.07. The predicted octanol–water partition coefficient (Wildman–Crippen LogP) is 3.38. The first-order valence-corrected chi connectivity index (χ1v) is 8.52. The second kappa shape index (κ2) is 7.82. The molecule has 1 fully saturated rings. The third-order valence-corrected chi connectivity index (χ3v) is 4.44. The van der Waals surface area contributed by atoms with Crippen LogP contribution in [0, 0.1) is 5.92 Å². The van der Waals surface area contributed by atoms with Gasteiger partial charge < -0.3 is 9.64 Å². The maximum absolute atomic E-state index is 5.43. The Balaban J connectivity index is 1.98. The molecule has 0 atom stereocenters. The summed E-state index contributed by atoms with van der Waals surface area (Å²) < 4.78 is 5.43. The lowest BCUT2D eigenvalue weighted by molar-refractivity contribution is 0.243. The van der Waals surface area contributed by atoms with Gasteiger partial charge in [0.1, 0.15) is 11.6 Å². The summed E-state index contributed by atoms with van der Waals surface area (Å²) in [5.41, 5.74) is 1.25. The van der Waals surface area contributed by atoms with Gasteiger partial charge in [-0.2, -0.15) is 0 Å². The smallest absolute Gasteiger partial charge is 0.140 e. The van der Waals surface area contributed by atoms with Crippen LogP contribution in [0.4, 0.5) is 5.82 Å². The lowest BCUT2D eigenvalue weighted by Gasteiger charge is -2.36. The van der Waals surface area contributed by atoms with Crippen molar-refractivity contribution in [3.63, 3.8) is 0 Å². The third kappa shape index (κ3) is 4.35. The van der Waals surface area contributed by atoms with Gasteiger partial charge in [-0.15, -0.1) is 0 Å². The van der Waals surface area contributed by atoms with E-state index < -0.39 is 0 Å². The van der Waals surface area contributed by atoms with Gasteiger partial charge >= 0.3 is 0 Å². The van der Waals surface area contributed by atoms with E-state index in [1.165, 1.54) is 18.5 Å². The van der Waals surface area contributed by atoms with Gasteiger partial charge in [0.15, 0.2) is 0 Å². The summed E-state index contributed by atoms with van der Waals surface area (Å²) in [4.78, 5) is 9.57. The van der Waals surface area contributed by atoms with Crippen molar-refractivity contribution in [2.24, 2.45) is 5.92 Å². The first-order chi connectivity index (χ1) is 10.5. The molecule has 1 saturated heterocycles. The highest BCUT2D eigenvalue weighted by Gasteiger charge is 2.19. The second-order valence-corrected chi connectivity index (χ2v) is 6.95. The fraction of sp³-hybridized carbons (Fsp3) is 0.722. The maximum atomic E-state index is 5.43. The molecule has 0 amide bonds. The first-order valence-electron chi connectivity index (χ1n) is 8.52. The molecule has 4 heteroatoms. The van der Waals surface area contributed by atoms with Crippen LogP contribution in [0.5, 0.6) is 5.75 Å². The number of pyridine rings is 1. The van der Waals surface area contributed by atoms with Gasteiger partial charge in [-0.1, -0.05) is 27.7 Å². The molecule has 4 nitrogen and oxygen atoms in total. The summed E-state index contributed by atoms with van der Waals surface area (Å²) in [6.45, 7) is 14.6. The number of aromatic nitrogens is 1. The lowest BCUT2D eigenvalue weighted by atomic mass is 10.0. The van der Waals surface area contributed by atoms with Crippen molar-refractivity contribution in [2.45, 2.75) is 40.0 Å². The van der Waals surface area contributed by atoms with E-state index in [0.29, 0.717) is 5.92 Å². The van der Waals surface area contributed by atoms with Crippen LogP contribution in [0.2, 0.25) is 0 Å². The largest absolute Gasteiger partial charge is 0.495 e. The number of hydrogen-bond donors (Lipinski definition) is 0. The molecule has 1 aliphatic rings. The SMILES string of the molecule is COc1cnc(N2CCN(CCC(C)C)CC2)cc1C(C)C. The molecule has 22 heavy (non-hydrogen) atoms. The second-order valence-electron chi connectivity index (χ2n) is 6.95. The third-order valence-electron chi connectivity index (χ3n) is 4.44. The van der Waals surface area contributed by atoms with Crippen LogP contribution in [-0.2, 0) is 0 Å². The minimum atomic E-state index is 0.448. The number of piperazine rings is 1. The van der Waals surface area contributed by atoms with Crippen molar-refractivity contribution < 1.29 is 4.74 Å². The number of rotatable bonds is 6. The topological polar surface area (TPSA) is 28.6 Å². The highest BCUT2D eigenvalue weighted by Crippen LogP contribution is 2.29. The first kappa shape index (κ1) is 17.1. The van der Waals surface area contributed by atoms with Crippen LogP contribution in [0.3, 0.4) is 0 Å². The fourth-order valence-corrected chi connectivity index (χ4v) is 2.88. The van der Waals surface area contributed by atoms with Gasteiger partial charge in [0.05, 0.1) is 13.3 Å². The van der Waals surface area contributed by atoms with E-state index in [0.717, 1.165) is 43.7 Å². The minimum absolute atomic E-state index is 0.448. The average molecular weight is 305 g/mol. The molecule has 1 aromatic heterocycles. The Morgan fingerprint density at radius 2 is 1.82 bits per heavy atom. The van der Waals surface area contributed by atoms with Gasteiger partial charge in [-0.05, 0) is 30.9 Å². The molecule has 0 unspecified atom stereocenters. The van der Waals surface area contributed by atoms with E-state index in [4.69, 9.17) is 4.74 Å². The molecule has 2 heterocycles. The van der Waals surface area contributed by atoms with Gasteiger partial charge in [-0.25, -0.2) is 4.98 Å². The van der Waals surface area contributed by atoms with E-state index in [9.17, 15) is 0 Å². The van der Waals surface area contributed by atoms with E-state index in [1.54, 1.807) is 7.11 Å². The quantitative estimate of drug-likeness (QED) is 0.805. The van der Waals surface area contributed by atoms with Crippen molar-refractivity contribution >= 4 is 5.82 Å². The van der Waals surface area contributed by atoms with Crippen molar-refractivity contribution in [1.29, 1.82) is 0 Å². The van der Waals surface area contributed by atoms with E-state index in [2.05, 4.69) is 48.5 Å². The summed E-state index contributed by atoms with van der Waals surface area (Å²) in [6, 6.07) is 2.20. The van der Waals surface area contributed by atoms with E-state index in [1.807, 2.05) is 6.20 Å². The van der Waals surface area contributed by atoms with Crippen LogP contribution in [0.25, 0.3) is 0 Å². The van der Waals surface area contributed by atoms with Gasteiger partial charge in [-0.3, -0.25) is 4.90 Å². The number of nitrogens with zero attached hydrogens (tertiary/aromatic N) is 3. The molecule has 1 aromatic rings. The summed E-state index contributed by atoms with van der Waals surface area (Å²) in [6.07, 6.45) is 3.16. The van der Waals surface area contributed by atoms with Gasteiger partial charge in [0.25, 0.3) is 0 Å². The average Bonchev–Trinajstić information content (AvgIpc) is 2.52. The van der Waals surface area contributed by atoms with Crippen molar-refractivity contribution in [3.8, 4) is 5.75 Å². The normalized spacial score (nSPS) is 16.6. The molecule has 2 rings (SSSR count). The molecule has 0 spiro atoms. The molecule has 0 aromatic carbocycles. The Morgan fingerprint density at radius 1 is 1.14 bits per heavy atom. The Labute approximate surface area is 135 Å². The molecule has 0 saturated carbocycles. The highest BCUT2D eigenvalue weighted by atomic mass is 16.5. The van der Waals surface area contributed by atoms with Crippen LogP contribution >= 0.6 is 0 Å². The Hall–Kier alpha value is -1.29. The Morgan fingerprint density at radius 3 is 2.36 bits per heavy atom. The van der Waals surface area contributed by atoms with E-state index in [-0.39, 0.29) is 0 Å². The van der Waals surface area contributed by atoms with Crippen LogP contribution < -0.4 is 9.64 Å². The Bertz CT molecular complexity index is 465. The molecular formula is C18H31N3O. The molecule has 1 aliphatic heterocycles. The lowest BCUT2D eigenvalue weighted by Crippen LogP contribution is -2.47. The summed E-state index contributed by atoms with van der Waals surface area (Å²) in [5.74, 6) is 3.22. The van der Waals surface area contributed by atoms with Crippen LogP contribution in [0.15, 0.2) is 12.3 Å². The summed E-state index contributed by atoms with van der Waals surface area (Å²) >= 11 is 0. The zero-order valence-electron chi connectivity index (χ0n) is 14.8. The van der Waals surface area contributed by atoms with Crippen molar-refractivity contribution in [1.82, 2.24) is 9.88 Å².